The first kappa shape index (κ1) is 57.6. The van der Waals surface area contributed by atoms with Crippen molar-refractivity contribution in [3.8, 4) is 0 Å². The molecule has 0 radical (unpaired) electrons. The zero-order valence-corrected chi connectivity index (χ0v) is 40.0. The second-order valence-corrected chi connectivity index (χ2v) is 17.5. The molecule has 1 atom stereocenters. The molecule has 0 fully saturated rings. The fraction of sp³-hybridized carbons (Fsp3) is 0.833. The highest BCUT2D eigenvalue weighted by atomic mass is 16.6. The fourth-order valence-corrected chi connectivity index (χ4v) is 7.56. The Bertz CT molecular complexity index is 1020. The molecule has 6 nitrogen and oxygen atoms in total. The number of allylic oxidation sites excluding steroid dienone is 6. The lowest BCUT2D eigenvalue weighted by atomic mass is 10.0. The predicted molar refractivity (Wildman–Crippen MR) is 256 cm³/mol. The van der Waals surface area contributed by atoms with E-state index in [1.165, 1.54) is 148 Å². The highest BCUT2D eigenvalue weighted by Gasteiger charge is 2.19. The Balaban J connectivity index is 4.36. The molecule has 0 saturated heterocycles. The van der Waals surface area contributed by atoms with Crippen molar-refractivity contribution in [1.82, 2.24) is 0 Å². The van der Waals surface area contributed by atoms with Gasteiger partial charge in [-0.1, -0.05) is 250 Å². The van der Waals surface area contributed by atoms with Gasteiger partial charge in [-0.25, -0.2) is 0 Å². The van der Waals surface area contributed by atoms with Crippen LogP contribution in [0.3, 0.4) is 0 Å². The highest BCUT2D eigenvalue weighted by molar-refractivity contribution is 5.71. The summed E-state index contributed by atoms with van der Waals surface area (Å²) in [7, 11) is 0. The van der Waals surface area contributed by atoms with Crippen LogP contribution in [0.15, 0.2) is 36.5 Å². The van der Waals surface area contributed by atoms with E-state index in [0.29, 0.717) is 19.3 Å². The Hall–Kier alpha value is -2.37. The Labute approximate surface area is 372 Å². The predicted octanol–water partition coefficient (Wildman–Crippen LogP) is 16.9. The SMILES string of the molecule is CC/C=C/C=C/C=C/CCCCCCCC(=O)OCC(COC(=O)CCCCCCCCCCCCCCCCC)OC(=O)CCCCCCCCCCCCCCCC. The van der Waals surface area contributed by atoms with Crippen molar-refractivity contribution in [2.45, 2.75) is 277 Å². The van der Waals surface area contributed by atoms with Crippen LogP contribution < -0.4 is 0 Å². The van der Waals surface area contributed by atoms with Crippen LogP contribution >= 0.6 is 0 Å². The molecule has 0 aromatic rings. The van der Waals surface area contributed by atoms with E-state index in [1.54, 1.807) is 0 Å². The van der Waals surface area contributed by atoms with Gasteiger partial charge in [0.1, 0.15) is 13.2 Å². The topological polar surface area (TPSA) is 78.9 Å². The van der Waals surface area contributed by atoms with Gasteiger partial charge in [0.05, 0.1) is 0 Å². The Morgan fingerprint density at radius 1 is 0.350 bits per heavy atom. The highest BCUT2D eigenvalue weighted by Crippen LogP contribution is 2.16. The molecule has 60 heavy (non-hydrogen) atoms. The Morgan fingerprint density at radius 3 is 1.00 bits per heavy atom. The molecular formula is C54H98O6. The third-order valence-corrected chi connectivity index (χ3v) is 11.5. The summed E-state index contributed by atoms with van der Waals surface area (Å²) in [4.78, 5) is 37.9. The van der Waals surface area contributed by atoms with Gasteiger partial charge < -0.3 is 14.2 Å². The molecule has 0 aromatic heterocycles. The molecule has 1 unspecified atom stereocenters. The standard InChI is InChI=1S/C54H98O6/c1-4-7-10-13-16-19-22-25-27-30-32-35-38-41-44-47-53(56)59-50-51(49-58-52(55)46-43-40-37-34-31-28-24-21-18-15-12-9-6-3)60-54(57)48-45-42-39-36-33-29-26-23-20-17-14-11-8-5-2/h9,12,15,18,21,24,51H,4-8,10-11,13-14,16-17,19-20,22-23,25-50H2,1-3H3/b12-9+,18-15+,24-21+. The van der Waals surface area contributed by atoms with E-state index < -0.39 is 6.10 Å². The van der Waals surface area contributed by atoms with Gasteiger partial charge in [0.2, 0.25) is 0 Å². The number of esters is 3. The van der Waals surface area contributed by atoms with Crippen molar-refractivity contribution in [2.75, 3.05) is 13.2 Å². The summed E-state index contributed by atoms with van der Waals surface area (Å²) >= 11 is 0. The van der Waals surface area contributed by atoms with Gasteiger partial charge in [-0.2, -0.15) is 0 Å². The number of rotatable bonds is 47. The van der Waals surface area contributed by atoms with Crippen LogP contribution in [-0.4, -0.2) is 37.2 Å². The molecule has 0 bridgehead atoms. The van der Waals surface area contributed by atoms with E-state index in [0.717, 1.165) is 83.5 Å². The third-order valence-electron chi connectivity index (χ3n) is 11.5. The van der Waals surface area contributed by atoms with Gasteiger partial charge in [0, 0.05) is 19.3 Å². The third kappa shape index (κ3) is 46.7. The average molecular weight is 843 g/mol. The monoisotopic (exact) mass is 843 g/mol. The van der Waals surface area contributed by atoms with Gasteiger partial charge >= 0.3 is 17.9 Å². The maximum absolute atomic E-state index is 12.8. The van der Waals surface area contributed by atoms with Crippen molar-refractivity contribution >= 4 is 17.9 Å². The molecule has 6 heteroatoms. The van der Waals surface area contributed by atoms with Gasteiger partial charge in [-0.05, 0) is 38.5 Å². The summed E-state index contributed by atoms with van der Waals surface area (Å²) in [6.07, 6.45) is 57.0. The normalized spacial score (nSPS) is 12.2. The van der Waals surface area contributed by atoms with Crippen LogP contribution in [0.1, 0.15) is 271 Å². The summed E-state index contributed by atoms with van der Waals surface area (Å²) in [6.45, 7) is 6.52. The zero-order chi connectivity index (χ0) is 43.7. The van der Waals surface area contributed by atoms with Crippen molar-refractivity contribution in [1.29, 1.82) is 0 Å². The largest absolute Gasteiger partial charge is 0.462 e. The molecule has 0 aliphatic rings. The molecular weight excluding hydrogens is 745 g/mol. The summed E-state index contributed by atoms with van der Waals surface area (Å²) in [5.74, 6) is -0.883. The summed E-state index contributed by atoms with van der Waals surface area (Å²) in [5.41, 5.74) is 0. The van der Waals surface area contributed by atoms with Crippen LogP contribution in [-0.2, 0) is 28.6 Å². The number of hydrogen-bond donors (Lipinski definition) is 0. The van der Waals surface area contributed by atoms with Crippen molar-refractivity contribution in [3.05, 3.63) is 36.5 Å². The Kier molecular flexibility index (Phi) is 47.3. The van der Waals surface area contributed by atoms with Gasteiger partial charge in [0.25, 0.3) is 0 Å². The molecule has 350 valence electrons. The number of carbonyl (C=O) groups is 3. The van der Waals surface area contributed by atoms with Gasteiger partial charge in [-0.3, -0.25) is 14.4 Å². The van der Waals surface area contributed by atoms with E-state index in [2.05, 4.69) is 57.2 Å². The number of unbranched alkanes of at least 4 members (excludes halogenated alkanes) is 32. The lowest BCUT2D eigenvalue weighted by molar-refractivity contribution is -0.167. The first-order valence-electron chi connectivity index (χ1n) is 26.0. The number of carbonyl (C=O) groups excluding carboxylic acids is 3. The Morgan fingerprint density at radius 2 is 0.650 bits per heavy atom. The van der Waals surface area contributed by atoms with E-state index in [4.69, 9.17) is 14.2 Å². The quantitative estimate of drug-likeness (QED) is 0.0263. The number of ether oxygens (including phenoxy) is 3. The molecule has 0 N–H and O–H groups in total. The van der Waals surface area contributed by atoms with Crippen molar-refractivity contribution in [2.24, 2.45) is 0 Å². The first-order chi connectivity index (χ1) is 29.5. The van der Waals surface area contributed by atoms with E-state index in [1.807, 2.05) is 0 Å². The van der Waals surface area contributed by atoms with Crippen LogP contribution in [0.4, 0.5) is 0 Å². The van der Waals surface area contributed by atoms with Gasteiger partial charge in [0.15, 0.2) is 6.10 Å². The van der Waals surface area contributed by atoms with Crippen molar-refractivity contribution in [3.63, 3.8) is 0 Å². The molecule has 0 aliphatic heterocycles. The summed E-state index contributed by atoms with van der Waals surface area (Å²) in [5, 5.41) is 0. The second-order valence-electron chi connectivity index (χ2n) is 17.5. The smallest absolute Gasteiger partial charge is 0.306 e. The van der Waals surface area contributed by atoms with Crippen LogP contribution in [0.2, 0.25) is 0 Å². The van der Waals surface area contributed by atoms with E-state index in [-0.39, 0.29) is 31.1 Å². The minimum absolute atomic E-state index is 0.0744. The molecule has 0 spiro atoms. The van der Waals surface area contributed by atoms with E-state index in [9.17, 15) is 14.4 Å². The van der Waals surface area contributed by atoms with Crippen LogP contribution in [0.5, 0.6) is 0 Å². The second kappa shape index (κ2) is 49.3. The lowest BCUT2D eigenvalue weighted by Gasteiger charge is -2.18. The molecule has 0 amide bonds. The molecule has 0 aliphatic carbocycles. The summed E-state index contributed by atoms with van der Waals surface area (Å²) < 4.78 is 16.8. The minimum atomic E-state index is -0.774. The fourth-order valence-electron chi connectivity index (χ4n) is 7.56. The number of hydrogen-bond acceptors (Lipinski definition) is 6. The molecule has 0 heterocycles. The van der Waals surface area contributed by atoms with Crippen molar-refractivity contribution < 1.29 is 28.6 Å². The lowest BCUT2D eigenvalue weighted by Crippen LogP contribution is -2.30. The first-order valence-corrected chi connectivity index (χ1v) is 26.0. The van der Waals surface area contributed by atoms with E-state index >= 15 is 0 Å². The summed E-state index contributed by atoms with van der Waals surface area (Å²) in [6, 6.07) is 0. The maximum Gasteiger partial charge on any atom is 0.306 e. The molecule has 0 rings (SSSR count). The maximum atomic E-state index is 12.8. The van der Waals surface area contributed by atoms with Crippen LogP contribution in [0.25, 0.3) is 0 Å². The van der Waals surface area contributed by atoms with Crippen LogP contribution in [0, 0.1) is 0 Å². The molecule has 0 saturated carbocycles. The molecule has 0 aromatic carbocycles. The van der Waals surface area contributed by atoms with Gasteiger partial charge in [-0.15, -0.1) is 0 Å². The zero-order valence-electron chi connectivity index (χ0n) is 40.0. The minimum Gasteiger partial charge on any atom is -0.462 e. The average Bonchev–Trinajstić information content (AvgIpc) is 3.24.